The van der Waals surface area contributed by atoms with Crippen LogP contribution in [0.25, 0.3) is 66.7 Å². The second-order valence-corrected chi connectivity index (χ2v) is 9.33. The lowest BCUT2D eigenvalue weighted by Crippen LogP contribution is -1.87. The van der Waals surface area contributed by atoms with Gasteiger partial charge >= 0.3 is 0 Å². The van der Waals surface area contributed by atoms with Crippen LogP contribution in [0.15, 0.2) is 112 Å². The number of para-hydroxylation sites is 2. The Morgan fingerprint density at radius 2 is 1.33 bits per heavy atom. The van der Waals surface area contributed by atoms with Gasteiger partial charge in [0, 0.05) is 27.3 Å². The molecule has 172 valence electrons. The van der Waals surface area contributed by atoms with Gasteiger partial charge in [0.05, 0.1) is 5.69 Å². The third kappa shape index (κ3) is 3.24. The average Bonchev–Trinajstić information content (AvgIpc) is 3.50. The highest BCUT2D eigenvalue weighted by atomic mass is 16.3. The predicted molar refractivity (Wildman–Crippen MR) is 147 cm³/mol. The molecule has 0 unspecified atom stereocenters. The number of rotatable bonds is 3. The number of pyridine rings is 1. The van der Waals surface area contributed by atoms with Crippen molar-refractivity contribution in [2.24, 2.45) is 0 Å². The molecule has 0 aliphatic heterocycles. The van der Waals surface area contributed by atoms with E-state index >= 15 is 0 Å². The van der Waals surface area contributed by atoms with Crippen LogP contribution < -0.4 is 0 Å². The van der Waals surface area contributed by atoms with Gasteiger partial charge in [-0.25, -0.2) is 4.98 Å². The number of hydrogen-bond acceptors (Lipinski definition) is 3. The van der Waals surface area contributed by atoms with E-state index in [1.165, 1.54) is 22.3 Å². The number of furan rings is 2. The lowest BCUT2D eigenvalue weighted by atomic mass is 9.95. The van der Waals surface area contributed by atoms with E-state index < -0.39 is 0 Å². The highest BCUT2D eigenvalue weighted by Gasteiger charge is 2.15. The molecule has 0 atom stereocenters. The van der Waals surface area contributed by atoms with Gasteiger partial charge < -0.3 is 8.83 Å². The maximum atomic E-state index is 6.24. The number of aromatic nitrogens is 1. The van der Waals surface area contributed by atoms with E-state index in [0.29, 0.717) is 5.71 Å². The second-order valence-electron chi connectivity index (χ2n) is 9.33. The zero-order chi connectivity index (χ0) is 24.2. The van der Waals surface area contributed by atoms with Crippen molar-refractivity contribution < 1.29 is 8.83 Å². The zero-order valence-corrected chi connectivity index (χ0v) is 20.1. The largest absolute Gasteiger partial charge is 0.455 e. The molecule has 0 fully saturated rings. The lowest BCUT2D eigenvalue weighted by Gasteiger charge is -2.10. The molecule has 4 aromatic carbocycles. The molecule has 3 aromatic heterocycles. The molecule has 7 aromatic rings. The molecule has 0 radical (unpaired) electrons. The van der Waals surface area contributed by atoms with Gasteiger partial charge in [-0.1, -0.05) is 72.8 Å². The summed E-state index contributed by atoms with van der Waals surface area (Å²) in [6, 6.07) is 35.5. The summed E-state index contributed by atoms with van der Waals surface area (Å²) in [5.41, 5.74) is 10.2. The smallest absolute Gasteiger partial charge is 0.227 e. The summed E-state index contributed by atoms with van der Waals surface area (Å²) in [6.07, 6.45) is 0. The molecule has 3 heteroatoms. The highest BCUT2D eigenvalue weighted by molar-refractivity contribution is 6.09. The number of hydrogen-bond donors (Lipinski definition) is 0. The first-order valence-corrected chi connectivity index (χ1v) is 12.1. The highest BCUT2D eigenvalue weighted by Crippen LogP contribution is 2.37. The van der Waals surface area contributed by atoms with Crippen LogP contribution in [0.4, 0.5) is 0 Å². The van der Waals surface area contributed by atoms with Crippen LogP contribution in [0.1, 0.15) is 11.1 Å². The Balaban J connectivity index is 1.28. The monoisotopic (exact) mass is 465 g/mol. The summed E-state index contributed by atoms with van der Waals surface area (Å²) in [5, 5.41) is 3.18. The van der Waals surface area contributed by atoms with Gasteiger partial charge in [0.2, 0.25) is 5.71 Å². The number of benzene rings is 4. The molecule has 0 N–H and O–H groups in total. The predicted octanol–water partition coefficient (Wildman–Crippen LogP) is 9.35. The zero-order valence-electron chi connectivity index (χ0n) is 20.1. The van der Waals surface area contributed by atoms with E-state index in [9.17, 15) is 0 Å². The molecule has 0 bridgehead atoms. The molecule has 3 heterocycles. The summed E-state index contributed by atoms with van der Waals surface area (Å²) < 4.78 is 12.5. The minimum absolute atomic E-state index is 0.620. The molecular weight excluding hydrogens is 442 g/mol. The van der Waals surface area contributed by atoms with Crippen molar-refractivity contribution in [2.75, 3.05) is 0 Å². The SMILES string of the molecule is Cc1cccc(C)c1-c1ccc(-c2cc3ccc(-c4cccc5c4oc4ccccc45)nc3o2)cc1. The Labute approximate surface area is 208 Å². The summed E-state index contributed by atoms with van der Waals surface area (Å²) >= 11 is 0. The fourth-order valence-corrected chi connectivity index (χ4v) is 5.23. The van der Waals surface area contributed by atoms with Gasteiger partial charge in [0.1, 0.15) is 16.9 Å². The van der Waals surface area contributed by atoms with E-state index in [2.05, 4.69) is 92.7 Å². The van der Waals surface area contributed by atoms with Crippen LogP contribution in [0, 0.1) is 13.8 Å². The van der Waals surface area contributed by atoms with Gasteiger partial charge in [0.25, 0.3) is 0 Å². The molecule has 3 nitrogen and oxygen atoms in total. The lowest BCUT2D eigenvalue weighted by molar-refractivity contribution is 0.619. The van der Waals surface area contributed by atoms with E-state index in [0.717, 1.165) is 49.9 Å². The molecule has 0 aliphatic rings. The first kappa shape index (κ1) is 20.7. The summed E-state index contributed by atoms with van der Waals surface area (Å²) in [7, 11) is 0. The van der Waals surface area contributed by atoms with E-state index in [1.807, 2.05) is 24.3 Å². The topological polar surface area (TPSA) is 39.2 Å². The third-order valence-corrected chi connectivity index (χ3v) is 7.00. The Bertz CT molecular complexity index is 1880. The first-order chi connectivity index (χ1) is 17.7. The van der Waals surface area contributed by atoms with E-state index in [1.54, 1.807) is 0 Å². The van der Waals surface area contributed by atoms with Gasteiger partial charge in [-0.05, 0) is 66.4 Å². The summed E-state index contributed by atoms with van der Waals surface area (Å²) in [5.74, 6) is 0.810. The molecule has 0 amide bonds. The van der Waals surface area contributed by atoms with Crippen LogP contribution in [0.2, 0.25) is 0 Å². The van der Waals surface area contributed by atoms with Gasteiger partial charge in [-0.3, -0.25) is 0 Å². The van der Waals surface area contributed by atoms with E-state index in [4.69, 9.17) is 13.8 Å². The van der Waals surface area contributed by atoms with Crippen molar-refractivity contribution in [3.63, 3.8) is 0 Å². The van der Waals surface area contributed by atoms with Crippen LogP contribution >= 0.6 is 0 Å². The number of nitrogens with zero attached hydrogens (tertiary/aromatic N) is 1. The Morgan fingerprint density at radius 1 is 0.611 bits per heavy atom. The minimum Gasteiger partial charge on any atom is -0.455 e. The summed E-state index contributed by atoms with van der Waals surface area (Å²) in [6.45, 7) is 4.31. The maximum absolute atomic E-state index is 6.24. The van der Waals surface area contributed by atoms with Crippen molar-refractivity contribution >= 4 is 33.0 Å². The molecule has 0 saturated carbocycles. The maximum Gasteiger partial charge on any atom is 0.227 e. The van der Waals surface area contributed by atoms with Gasteiger partial charge in [-0.15, -0.1) is 0 Å². The van der Waals surface area contributed by atoms with Gasteiger partial charge in [0.15, 0.2) is 0 Å². The van der Waals surface area contributed by atoms with Crippen LogP contribution in [-0.2, 0) is 0 Å². The average molecular weight is 466 g/mol. The summed E-state index contributed by atoms with van der Waals surface area (Å²) in [4.78, 5) is 4.87. The first-order valence-electron chi connectivity index (χ1n) is 12.1. The van der Waals surface area contributed by atoms with Crippen LogP contribution in [0.5, 0.6) is 0 Å². The van der Waals surface area contributed by atoms with Crippen molar-refractivity contribution in [3.05, 3.63) is 114 Å². The Morgan fingerprint density at radius 3 is 2.17 bits per heavy atom. The molecule has 0 aliphatic carbocycles. The molecular formula is C33H23NO2. The van der Waals surface area contributed by atoms with E-state index in [-0.39, 0.29) is 0 Å². The van der Waals surface area contributed by atoms with Crippen molar-refractivity contribution in [1.82, 2.24) is 4.98 Å². The molecule has 0 saturated heterocycles. The van der Waals surface area contributed by atoms with Crippen molar-refractivity contribution in [2.45, 2.75) is 13.8 Å². The molecule has 0 spiro atoms. The standard InChI is InChI=1S/C33H23NO2/c1-20-7-5-8-21(2)31(20)23-15-13-22(14-16-23)30-19-24-17-18-28(34-33(24)36-30)27-11-6-10-26-25-9-3-4-12-29(25)35-32(26)27/h3-19H,1-2H3. The second kappa shape index (κ2) is 7.96. The fraction of sp³-hybridized carbons (Fsp3) is 0.0606. The fourth-order valence-electron chi connectivity index (χ4n) is 5.23. The number of aryl methyl sites for hydroxylation is 2. The Hall–Kier alpha value is -4.63. The van der Waals surface area contributed by atoms with Crippen LogP contribution in [-0.4, -0.2) is 4.98 Å². The number of fused-ring (bicyclic) bond motifs is 4. The third-order valence-electron chi connectivity index (χ3n) is 7.00. The quantitative estimate of drug-likeness (QED) is 0.261. The van der Waals surface area contributed by atoms with Gasteiger partial charge in [-0.2, -0.15) is 0 Å². The van der Waals surface area contributed by atoms with Crippen molar-refractivity contribution in [3.8, 4) is 33.7 Å². The Kier molecular flexibility index (Phi) is 4.58. The van der Waals surface area contributed by atoms with Crippen LogP contribution in [0.3, 0.4) is 0 Å². The molecule has 7 rings (SSSR count). The minimum atomic E-state index is 0.620. The van der Waals surface area contributed by atoms with Crippen molar-refractivity contribution in [1.29, 1.82) is 0 Å². The normalized spacial score (nSPS) is 11.6. The molecule has 36 heavy (non-hydrogen) atoms.